The molecule has 2 rings (SSSR count). The van der Waals surface area contributed by atoms with Crippen LogP contribution in [-0.4, -0.2) is 82.3 Å². The predicted octanol–water partition coefficient (Wildman–Crippen LogP) is 2.18. The summed E-state index contributed by atoms with van der Waals surface area (Å²) in [5.41, 5.74) is 1.04. The van der Waals surface area contributed by atoms with Crippen LogP contribution in [0, 0.1) is 0 Å². The van der Waals surface area contributed by atoms with Crippen molar-refractivity contribution in [3.8, 4) is 11.5 Å². The van der Waals surface area contributed by atoms with Crippen LogP contribution < -0.4 is 20.1 Å². The molecule has 0 radical (unpaired) electrons. The summed E-state index contributed by atoms with van der Waals surface area (Å²) in [6.45, 7) is 13.9. The number of nitrogens with zero attached hydrogens (tertiary/aromatic N) is 3. The molecule has 1 aliphatic heterocycles. The molecule has 0 spiro atoms. The predicted molar refractivity (Wildman–Crippen MR) is 120 cm³/mol. The number of aliphatic imine (C=N–C) groups is 1. The van der Waals surface area contributed by atoms with E-state index < -0.39 is 0 Å². The smallest absolute Gasteiger partial charge is 0.191 e. The molecule has 1 heterocycles. The number of hydrogen-bond donors (Lipinski definition) is 2. The number of hydrogen-bond acceptors (Lipinski definition) is 5. The monoisotopic (exact) mass is 405 g/mol. The Kier molecular flexibility index (Phi) is 10.7. The Balaban J connectivity index is 1.74. The number of nitrogens with one attached hydrogen (secondary N) is 2. The van der Waals surface area contributed by atoms with Gasteiger partial charge < -0.3 is 29.9 Å². The van der Waals surface area contributed by atoms with Gasteiger partial charge in [-0.05, 0) is 45.0 Å². The minimum absolute atomic E-state index is 0.560. The van der Waals surface area contributed by atoms with Crippen LogP contribution in [0.5, 0.6) is 11.5 Å². The third-order valence-electron chi connectivity index (χ3n) is 5.35. The van der Waals surface area contributed by atoms with Crippen LogP contribution in [0.25, 0.3) is 0 Å². The van der Waals surface area contributed by atoms with Crippen LogP contribution in [0.2, 0.25) is 0 Å². The molecule has 0 atom stereocenters. The third kappa shape index (κ3) is 8.11. The molecule has 1 aromatic rings. The number of guanidine groups is 1. The second-order valence-electron chi connectivity index (χ2n) is 7.28. The van der Waals surface area contributed by atoms with E-state index in [1.165, 1.54) is 45.7 Å². The van der Waals surface area contributed by atoms with E-state index in [0.29, 0.717) is 6.54 Å². The zero-order valence-electron chi connectivity index (χ0n) is 18.7. The van der Waals surface area contributed by atoms with Gasteiger partial charge in [0.05, 0.1) is 20.8 Å². The second-order valence-corrected chi connectivity index (χ2v) is 7.28. The molecule has 0 saturated carbocycles. The van der Waals surface area contributed by atoms with Crippen molar-refractivity contribution in [2.75, 3.05) is 66.6 Å². The molecule has 0 aliphatic carbocycles. The maximum absolute atomic E-state index is 5.47. The summed E-state index contributed by atoms with van der Waals surface area (Å²) < 4.78 is 10.7. The highest BCUT2D eigenvalue weighted by Crippen LogP contribution is 2.25. The van der Waals surface area contributed by atoms with E-state index in [9.17, 15) is 0 Å². The van der Waals surface area contributed by atoms with E-state index in [1.54, 1.807) is 14.2 Å². The molecule has 0 aromatic heterocycles. The fourth-order valence-corrected chi connectivity index (χ4v) is 3.48. The number of likely N-dealkylation sites (N-methyl/N-ethyl adjacent to an activating group) is 1. The number of piperazine rings is 1. The van der Waals surface area contributed by atoms with E-state index in [2.05, 4.69) is 34.3 Å². The van der Waals surface area contributed by atoms with Gasteiger partial charge in [0.2, 0.25) is 0 Å². The van der Waals surface area contributed by atoms with Gasteiger partial charge in [-0.2, -0.15) is 0 Å². The lowest BCUT2D eigenvalue weighted by molar-refractivity contribution is 0.136. The minimum atomic E-state index is 0.560. The molecule has 0 unspecified atom stereocenters. The highest BCUT2D eigenvalue weighted by atomic mass is 16.5. The van der Waals surface area contributed by atoms with E-state index in [0.717, 1.165) is 42.5 Å². The van der Waals surface area contributed by atoms with Crippen molar-refractivity contribution in [3.05, 3.63) is 23.8 Å². The molecular weight excluding hydrogens is 366 g/mol. The average Bonchev–Trinajstić information content (AvgIpc) is 2.77. The van der Waals surface area contributed by atoms with Gasteiger partial charge in [-0.3, -0.25) is 0 Å². The summed E-state index contributed by atoms with van der Waals surface area (Å²) in [4.78, 5) is 9.82. The Morgan fingerprint density at radius 1 is 1.00 bits per heavy atom. The first-order valence-corrected chi connectivity index (χ1v) is 10.9. The summed E-state index contributed by atoms with van der Waals surface area (Å²) in [7, 11) is 3.33. The van der Waals surface area contributed by atoms with Gasteiger partial charge in [0.15, 0.2) is 5.96 Å². The summed E-state index contributed by atoms with van der Waals surface area (Å²) in [6, 6.07) is 5.84. The van der Waals surface area contributed by atoms with Gasteiger partial charge in [-0.15, -0.1) is 0 Å². The molecule has 29 heavy (non-hydrogen) atoms. The highest BCUT2D eigenvalue weighted by Gasteiger charge is 2.14. The summed E-state index contributed by atoms with van der Waals surface area (Å²) >= 11 is 0. The van der Waals surface area contributed by atoms with Gasteiger partial charge in [0.1, 0.15) is 11.5 Å². The zero-order chi connectivity index (χ0) is 20.9. The van der Waals surface area contributed by atoms with Crippen LogP contribution in [0.3, 0.4) is 0 Å². The van der Waals surface area contributed by atoms with Crippen LogP contribution in [-0.2, 0) is 6.54 Å². The Morgan fingerprint density at radius 3 is 2.41 bits per heavy atom. The van der Waals surface area contributed by atoms with Crippen molar-refractivity contribution in [1.29, 1.82) is 0 Å². The van der Waals surface area contributed by atoms with Gasteiger partial charge in [0.25, 0.3) is 0 Å². The summed E-state index contributed by atoms with van der Waals surface area (Å²) in [5, 5.41) is 6.77. The molecule has 1 fully saturated rings. The van der Waals surface area contributed by atoms with Crippen molar-refractivity contribution in [2.45, 2.75) is 33.2 Å². The first-order chi connectivity index (χ1) is 14.2. The fourth-order valence-electron chi connectivity index (χ4n) is 3.48. The Bertz CT molecular complexity index is 615. The lowest BCUT2D eigenvalue weighted by atomic mass is 10.2. The third-order valence-corrected chi connectivity index (χ3v) is 5.35. The summed E-state index contributed by atoms with van der Waals surface area (Å²) in [5.74, 6) is 2.43. The van der Waals surface area contributed by atoms with Gasteiger partial charge in [0, 0.05) is 50.9 Å². The molecule has 0 bridgehead atoms. The number of ether oxygens (including phenoxy) is 2. The minimum Gasteiger partial charge on any atom is -0.497 e. The second kappa shape index (κ2) is 13.3. The number of benzene rings is 1. The van der Waals surface area contributed by atoms with Crippen molar-refractivity contribution < 1.29 is 9.47 Å². The topological polar surface area (TPSA) is 61.4 Å². The zero-order valence-corrected chi connectivity index (χ0v) is 18.7. The van der Waals surface area contributed by atoms with Crippen LogP contribution in [0.1, 0.15) is 32.3 Å². The number of methoxy groups -OCH3 is 2. The first kappa shape index (κ1) is 23.3. The molecule has 1 aliphatic rings. The van der Waals surface area contributed by atoms with E-state index >= 15 is 0 Å². The van der Waals surface area contributed by atoms with E-state index in [4.69, 9.17) is 14.5 Å². The molecule has 7 heteroatoms. The number of rotatable bonds is 11. The van der Waals surface area contributed by atoms with Gasteiger partial charge in [-0.25, -0.2) is 4.99 Å². The lowest BCUT2D eigenvalue weighted by Gasteiger charge is -2.34. The Labute approximate surface area is 176 Å². The Morgan fingerprint density at radius 2 is 1.76 bits per heavy atom. The van der Waals surface area contributed by atoms with Crippen LogP contribution in [0.15, 0.2) is 23.2 Å². The lowest BCUT2D eigenvalue weighted by Crippen LogP contribution is -2.46. The highest BCUT2D eigenvalue weighted by molar-refractivity contribution is 5.79. The SMILES string of the molecule is CCNC(=NCc1ccc(OC)cc1OC)NCCCCN1CCN(CC)CC1. The average molecular weight is 406 g/mol. The molecular formula is C22H39N5O2. The molecule has 164 valence electrons. The quantitative estimate of drug-likeness (QED) is 0.334. The van der Waals surface area contributed by atoms with Crippen molar-refractivity contribution in [2.24, 2.45) is 4.99 Å². The maximum atomic E-state index is 5.47. The van der Waals surface area contributed by atoms with Crippen molar-refractivity contribution in [1.82, 2.24) is 20.4 Å². The molecule has 1 aromatic carbocycles. The molecule has 2 N–H and O–H groups in total. The molecule has 0 amide bonds. The Hall–Kier alpha value is -1.99. The fraction of sp³-hybridized carbons (Fsp3) is 0.682. The van der Waals surface area contributed by atoms with Crippen LogP contribution in [0.4, 0.5) is 0 Å². The van der Waals surface area contributed by atoms with Crippen molar-refractivity contribution in [3.63, 3.8) is 0 Å². The van der Waals surface area contributed by atoms with Gasteiger partial charge >= 0.3 is 0 Å². The standard InChI is InChI=1S/C22H39N5O2/c1-5-23-22(25-18-19-9-10-20(28-3)17-21(19)29-4)24-11-7-8-12-27-15-13-26(6-2)14-16-27/h9-10,17H,5-8,11-16,18H2,1-4H3,(H2,23,24,25). The molecule has 7 nitrogen and oxygen atoms in total. The summed E-state index contributed by atoms with van der Waals surface area (Å²) in [6.07, 6.45) is 2.36. The van der Waals surface area contributed by atoms with Gasteiger partial charge in [-0.1, -0.05) is 6.92 Å². The van der Waals surface area contributed by atoms with E-state index in [-0.39, 0.29) is 0 Å². The largest absolute Gasteiger partial charge is 0.497 e. The molecule has 1 saturated heterocycles. The van der Waals surface area contributed by atoms with Crippen LogP contribution >= 0.6 is 0 Å². The maximum Gasteiger partial charge on any atom is 0.191 e. The first-order valence-electron chi connectivity index (χ1n) is 10.9. The van der Waals surface area contributed by atoms with E-state index in [1.807, 2.05) is 18.2 Å². The normalized spacial score (nSPS) is 15.9. The number of unbranched alkanes of at least 4 members (excludes halogenated alkanes) is 1. The van der Waals surface area contributed by atoms with Crippen molar-refractivity contribution >= 4 is 5.96 Å².